The number of hydrogen-bond acceptors (Lipinski definition) is 5. The standard InChI is InChI=1S/C28H19F2N3O4/c29-28(30)36-21-8-7-18(13-22(21)37-28)27(9-10-27)26(35)33-23-12-15-3-1-2-4-19(15)24(32-23)16-5-6-17-14-31-25(34)20(17)11-16/h1-8,11-14,31,34H,9-10H2,(H,32,33,35). The molecule has 1 amide bonds. The lowest BCUT2D eigenvalue weighted by atomic mass is 9.94. The number of aromatic amines is 1. The third kappa shape index (κ3) is 3.46. The van der Waals surface area contributed by atoms with E-state index in [1.807, 2.05) is 42.5 Å². The number of nitrogens with one attached hydrogen (secondary N) is 2. The highest BCUT2D eigenvalue weighted by Gasteiger charge is 2.53. The first-order valence-corrected chi connectivity index (χ1v) is 11.7. The largest absolute Gasteiger partial charge is 0.586 e. The van der Waals surface area contributed by atoms with Crippen molar-refractivity contribution in [3.63, 3.8) is 0 Å². The van der Waals surface area contributed by atoms with E-state index in [9.17, 15) is 18.7 Å². The number of aromatic nitrogens is 2. The molecule has 5 aromatic rings. The Labute approximate surface area is 208 Å². The molecule has 3 N–H and O–H groups in total. The minimum absolute atomic E-state index is 0.0591. The van der Waals surface area contributed by atoms with Crippen molar-refractivity contribution in [2.45, 2.75) is 24.6 Å². The average Bonchev–Trinajstić information content (AvgIpc) is 3.53. The van der Waals surface area contributed by atoms with Crippen LogP contribution in [-0.4, -0.2) is 27.3 Å². The van der Waals surface area contributed by atoms with Gasteiger partial charge in [0, 0.05) is 27.9 Å². The van der Waals surface area contributed by atoms with Crippen molar-refractivity contribution in [2.75, 3.05) is 5.32 Å². The number of nitrogens with zero attached hydrogens (tertiary/aromatic N) is 1. The van der Waals surface area contributed by atoms with Gasteiger partial charge in [-0.25, -0.2) is 4.98 Å². The Morgan fingerprint density at radius 2 is 1.76 bits per heavy atom. The maximum absolute atomic E-state index is 13.5. The average molecular weight is 499 g/mol. The normalized spacial score (nSPS) is 16.7. The van der Waals surface area contributed by atoms with Crippen molar-refractivity contribution in [1.82, 2.24) is 9.97 Å². The first kappa shape index (κ1) is 21.6. The number of benzene rings is 3. The number of ether oxygens (including phenoxy) is 2. The van der Waals surface area contributed by atoms with E-state index >= 15 is 0 Å². The lowest BCUT2D eigenvalue weighted by Crippen LogP contribution is -2.28. The summed E-state index contributed by atoms with van der Waals surface area (Å²) in [6, 6.07) is 19.6. The quantitative estimate of drug-likeness (QED) is 0.279. The summed E-state index contributed by atoms with van der Waals surface area (Å²) in [6.07, 6.45) is -0.855. The van der Waals surface area contributed by atoms with E-state index in [-0.39, 0.29) is 23.3 Å². The first-order valence-electron chi connectivity index (χ1n) is 11.7. The topological polar surface area (TPSA) is 96.5 Å². The van der Waals surface area contributed by atoms with Crippen molar-refractivity contribution >= 4 is 33.3 Å². The van der Waals surface area contributed by atoms with Crippen LogP contribution in [-0.2, 0) is 10.2 Å². The number of carbonyl (C=O) groups excluding carboxylic acids is 1. The van der Waals surface area contributed by atoms with Crippen molar-refractivity contribution in [1.29, 1.82) is 0 Å². The summed E-state index contributed by atoms with van der Waals surface area (Å²) in [5.41, 5.74) is 1.16. The lowest BCUT2D eigenvalue weighted by molar-refractivity contribution is -0.286. The Balaban J connectivity index is 1.25. The Bertz CT molecular complexity index is 1740. The van der Waals surface area contributed by atoms with Crippen molar-refractivity contribution < 1.29 is 28.2 Å². The van der Waals surface area contributed by atoms with Crippen LogP contribution in [0.3, 0.4) is 0 Å². The number of amides is 1. The summed E-state index contributed by atoms with van der Waals surface area (Å²) >= 11 is 0. The van der Waals surface area contributed by atoms with Crippen LogP contribution in [0.4, 0.5) is 14.6 Å². The van der Waals surface area contributed by atoms with Gasteiger partial charge in [-0.3, -0.25) is 4.79 Å². The molecule has 0 spiro atoms. The molecule has 1 aliphatic heterocycles. The number of aromatic hydroxyl groups is 1. The van der Waals surface area contributed by atoms with Gasteiger partial charge in [0.15, 0.2) is 17.4 Å². The molecule has 7 nitrogen and oxygen atoms in total. The molecule has 0 saturated heterocycles. The van der Waals surface area contributed by atoms with Crippen LogP contribution >= 0.6 is 0 Å². The molecule has 2 aliphatic rings. The van der Waals surface area contributed by atoms with Crippen LogP contribution in [0.25, 0.3) is 32.8 Å². The lowest BCUT2D eigenvalue weighted by Gasteiger charge is -2.17. The molecule has 184 valence electrons. The van der Waals surface area contributed by atoms with Crippen LogP contribution in [0.1, 0.15) is 18.4 Å². The van der Waals surface area contributed by atoms with Gasteiger partial charge in [0.2, 0.25) is 5.91 Å². The maximum Gasteiger partial charge on any atom is 0.586 e. The molecule has 1 saturated carbocycles. The van der Waals surface area contributed by atoms with Crippen LogP contribution in [0.2, 0.25) is 0 Å². The second-order valence-corrected chi connectivity index (χ2v) is 9.38. The van der Waals surface area contributed by atoms with Crippen LogP contribution in [0.5, 0.6) is 17.4 Å². The van der Waals surface area contributed by atoms with Gasteiger partial charge in [-0.2, -0.15) is 0 Å². The van der Waals surface area contributed by atoms with E-state index in [4.69, 9.17) is 4.98 Å². The van der Waals surface area contributed by atoms with E-state index < -0.39 is 11.7 Å². The van der Waals surface area contributed by atoms with Gasteiger partial charge in [-0.1, -0.05) is 42.5 Å². The molecule has 9 heteroatoms. The number of rotatable bonds is 4. The second-order valence-electron chi connectivity index (χ2n) is 9.38. The van der Waals surface area contributed by atoms with Gasteiger partial charge in [-0.05, 0) is 48.1 Å². The minimum atomic E-state index is -3.72. The predicted molar refractivity (Wildman–Crippen MR) is 133 cm³/mol. The van der Waals surface area contributed by atoms with E-state index in [0.29, 0.717) is 35.3 Å². The molecule has 0 bridgehead atoms. The Hall–Kier alpha value is -4.66. The van der Waals surface area contributed by atoms with Gasteiger partial charge in [-0.15, -0.1) is 8.78 Å². The number of H-pyrrole nitrogens is 1. The summed E-state index contributed by atoms with van der Waals surface area (Å²) in [7, 11) is 0. The van der Waals surface area contributed by atoms with Gasteiger partial charge >= 0.3 is 6.29 Å². The highest BCUT2D eigenvalue weighted by atomic mass is 19.3. The zero-order chi connectivity index (χ0) is 25.4. The summed E-state index contributed by atoms with van der Waals surface area (Å²) in [5.74, 6) is 0.0244. The predicted octanol–water partition coefficient (Wildman–Crippen LogP) is 6.08. The Kier molecular flexibility index (Phi) is 4.34. The molecule has 3 heterocycles. The summed E-state index contributed by atoms with van der Waals surface area (Å²) in [4.78, 5) is 21.1. The molecule has 2 aromatic heterocycles. The van der Waals surface area contributed by atoms with Crippen LogP contribution in [0, 0.1) is 0 Å². The maximum atomic E-state index is 13.5. The zero-order valence-corrected chi connectivity index (χ0v) is 19.2. The van der Waals surface area contributed by atoms with Crippen molar-refractivity contribution in [3.8, 4) is 28.6 Å². The molecule has 7 rings (SSSR count). The Morgan fingerprint density at radius 1 is 0.946 bits per heavy atom. The van der Waals surface area contributed by atoms with Crippen molar-refractivity contribution in [2.24, 2.45) is 0 Å². The summed E-state index contributed by atoms with van der Waals surface area (Å²) in [5, 5.41) is 16.4. The minimum Gasteiger partial charge on any atom is -0.494 e. The van der Waals surface area contributed by atoms with Gasteiger partial charge in [0.25, 0.3) is 0 Å². The summed E-state index contributed by atoms with van der Waals surface area (Å²) < 4.78 is 36.0. The van der Waals surface area contributed by atoms with E-state index in [1.165, 1.54) is 12.1 Å². The number of hydrogen-bond donors (Lipinski definition) is 3. The number of pyridine rings is 1. The van der Waals surface area contributed by atoms with Crippen molar-refractivity contribution in [3.05, 3.63) is 78.5 Å². The van der Waals surface area contributed by atoms with Gasteiger partial charge in [0.1, 0.15) is 5.82 Å². The number of anilines is 1. The first-order chi connectivity index (χ1) is 17.8. The molecule has 0 radical (unpaired) electrons. The highest BCUT2D eigenvalue weighted by molar-refractivity contribution is 6.04. The summed E-state index contributed by atoms with van der Waals surface area (Å²) in [6.45, 7) is 0. The van der Waals surface area contributed by atoms with Gasteiger partial charge in [0.05, 0.1) is 11.1 Å². The second kappa shape index (κ2) is 7.42. The highest BCUT2D eigenvalue weighted by Crippen LogP contribution is 2.52. The molecule has 3 aromatic carbocycles. The fourth-order valence-corrected chi connectivity index (χ4v) is 5.00. The van der Waals surface area contributed by atoms with Gasteiger partial charge < -0.3 is 24.9 Å². The van der Waals surface area contributed by atoms with E-state index in [2.05, 4.69) is 19.8 Å². The molecule has 0 atom stereocenters. The third-order valence-corrected chi connectivity index (χ3v) is 7.07. The molecule has 1 fully saturated rings. The number of fused-ring (bicyclic) bond motifs is 3. The van der Waals surface area contributed by atoms with E-state index in [0.717, 1.165) is 21.7 Å². The molecule has 0 unspecified atom stereocenters. The Morgan fingerprint density at radius 3 is 2.59 bits per heavy atom. The number of halogens is 2. The van der Waals surface area contributed by atoms with Crippen LogP contribution < -0.4 is 14.8 Å². The van der Waals surface area contributed by atoms with Crippen LogP contribution in [0.15, 0.2) is 72.9 Å². The SMILES string of the molecule is O=C(Nc1cc2ccccc2c(-c2ccc3c[nH]c(O)c3c2)n1)C1(c2ccc3c(c2)OC(F)(F)O3)CC1. The fraction of sp³-hybridized carbons (Fsp3) is 0.143. The zero-order valence-electron chi connectivity index (χ0n) is 19.2. The molecular formula is C28H19F2N3O4. The number of carbonyl (C=O) groups is 1. The fourth-order valence-electron chi connectivity index (χ4n) is 5.00. The molecule has 1 aliphatic carbocycles. The third-order valence-electron chi connectivity index (χ3n) is 7.07. The smallest absolute Gasteiger partial charge is 0.494 e. The monoisotopic (exact) mass is 499 g/mol. The molecule has 37 heavy (non-hydrogen) atoms. The number of alkyl halides is 2. The van der Waals surface area contributed by atoms with E-state index in [1.54, 1.807) is 18.3 Å². The molecular weight excluding hydrogens is 480 g/mol.